The van der Waals surface area contributed by atoms with E-state index < -0.39 is 15.4 Å². The molecule has 1 fully saturated rings. The van der Waals surface area contributed by atoms with Gasteiger partial charge in [-0.15, -0.1) is 0 Å². The number of nitrogens with two attached hydrogens (primary N) is 1. The van der Waals surface area contributed by atoms with E-state index in [0.717, 1.165) is 12.8 Å². The van der Waals surface area contributed by atoms with Crippen molar-refractivity contribution in [3.05, 3.63) is 18.2 Å². The number of hydrogen-bond acceptors (Lipinski definition) is 5. The molecular formula is C18H29N3O4S. The molecule has 146 valence electrons. The number of methoxy groups -OCH3 is 1. The van der Waals surface area contributed by atoms with Gasteiger partial charge in [0, 0.05) is 31.4 Å². The molecule has 2 rings (SSSR count). The number of nitrogens with zero attached hydrogens (tertiary/aromatic N) is 1. The van der Waals surface area contributed by atoms with Crippen LogP contribution in [0.4, 0.5) is 5.69 Å². The van der Waals surface area contributed by atoms with E-state index in [1.54, 1.807) is 12.1 Å². The van der Waals surface area contributed by atoms with E-state index in [4.69, 9.17) is 10.5 Å². The van der Waals surface area contributed by atoms with Crippen molar-refractivity contribution in [3.8, 4) is 5.75 Å². The molecule has 1 heterocycles. The topological polar surface area (TPSA) is 102 Å². The Kier molecular flexibility index (Phi) is 6.65. The van der Waals surface area contributed by atoms with Gasteiger partial charge in [0.1, 0.15) is 10.6 Å². The van der Waals surface area contributed by atoms with Crippen molar-refractivity contribution in [2.24, 2.45) is 11.1 Å². The van der Waals surface area contributed by atoms with E-state index in [-0.39, 0.29) is 23.1 Å². The largest absolute Gasteiger partial charge is 0.495 e. The van der Waals surface area contributed by atoms with E-state index in [9.17, 15) is 13.2 Å². The lowest BCUT2D eigenvalue weighted by molar-refractivity contribution is -0.125. The van der Waals surface area contributed by atoms with E-state index in [1.807, 2.05) is 13.8 Å². The Bertz CT molecular complexity index is 731. The Labute approximate surface area is 155 Å². The monoisotopic (exact) mass is 383 g/mol. The number of ether oxygens (including phenoxy) is 1. The van der Waals surface area contributed by atoms with Crippen LogP contribution < -0.4 is 15.8 Å². The molecule has 1 aliphatic rings. The molecule has 1 aliphatic heterocycles. The molecule has 7 nitrogen and oxygen atoms in total. The number of carbonyl (C=O) groups is 1. The lowest BCUT2D eigenvalue weighted by Gasteiger charge is -2.28. The van der Waals surface area contributed by atoms with E-state index >= 15 is 0 Å². The predicted molar refractivity (Wildman–Crippen MR) is 102 cm³/mol. The number of hydrogen-bond donors (Lipinski definition) is 2. The highest BCUT2D eigenvalue weighted by molar-refractivity contribution is 7.89. The maximum absolute atomic E-state index is 12.8. The average Bonchev–Trinajstić information content (AvgIpc) is 3.19. The van der Waals surface area contributed by atoms with Gasteiger partial charge in [-0.2, -0.15) is 4.31 Å². The maximum atomic E-state index is 12.8. The second-order valence-electron chi connectivity index (χ2n) is 6.62. The number of carbonyl (C=O) groups excluding carboxylic acids is 1. The van der Waals surface area contributed by atoms with Gasteiger partial charge in [-0.05, 0) is 37.8 Å². The summed E-state index contributed by atoms with van der Waals surface area (Å²) >= 11 is 0. The van der Waals surface area contributed by atoms with Crippen LogP contribution in [-0.2, 0) is 14.8 Å². The van der Waals surface area contributed by atoms with Crippen molar-refractivity contribution in [1.82, 2.24) is 4.31 Å². The van der Waals surface area contributed by atoms with E-state index in [1.165, 1.54) is 17.5 Å². The average molecular weight is 384 g/mol. The summed E-state index contributed by atoms with van der Waals surface area (Å²) < 4.78 is 32.3. The molecular weight excluding hydrogens is 354 g/mol. The standard InChI is InChI=1S/C18H29N3O4S/c1-4-18(5-2,13-19)17(22)20-14-8-9-16(15(12-14)25-3)26(23,24)21-10-6-7-11-21/h8-9,12H,4-7,10-11,13,19H2,1-3H3,(H,20,22). The summed E-state index contributed by atoms with van der Waals surface area (Å²) in [4.78, 5) is 12.8. The van der Waals surface area contributed by atoms with Crippen LogP contribution in [0.25, 0.3) is 0 Å². The fourth-order valence-corrected chi connectivity index (χ4v) is 4.90. The van der Waals surface area contributed by atoms with Crippen molar-refractivity contribution in [2.45, 2.75) is 44.4 Å². The third kappa shape index (κ3) is 3.87. The Morgan fingerprint density at radius 1 is 1.27 bits per heavy atom. The second-order valence-corrected chi connectivity index (χ2v) is 8.53. The highest BCUT2D eigenvalue weighted by atomic mass is 32.2. The molecule has 0 bridgehead atoms. The molecule has 1 aromatic carbocycles. The normalized spacial score (nSPS) is 15.8. The zero-order chi connectivity index (χ0) is 19.4. The van der Waals surface area contributed by atoms with Gasteiger partial charge in [-0.1, -0.05) is 13.8 Å². The first-order chi connectivity index (χ1) is 12.3. The third-order valence-corrected chi connectivity index (χ3v) is 7.27. The molecule has 0 saturated carbocycles. The van der Waals surface area contributed by atoms with Gasteiger partial charge in [0.15, 0.2) is 0 Å². The smallest absolute Gasteiger partial charge is 0.246 e. The van der Waals surface area contributed by atoms with Crippen LogP contribution in [-0.4, -0.2) is 45.4 Å². The molecule has 0 aromatic heterocycles. The minimum Gasteiger partial charge on any atom is -0.495 e. The van der Waals surface area contributed by atoms with Gasteiger partial charge < -0.3 is 15.8 Å². The number of sulfonamides is 1. The molecule has 0 atom stereocenters. The van der Waals surface area contributed by atoms with Gasteiger partial charge in [0.25, 0.3) is 0 Å². The van der Waals surface area contributed by atoms with E-state index in [2.05, 4.69) is 5.32 Å². The first-order valence-corrected chi connectivity index (χ1v) is 10.5. The second kappa shape index (κ2) is 8.37. The predicted octanol–water partition coefficient (Wildman–Crippen LogP) is 2.18. The summed E-state index contributed by atoms with van der Waals surface area (Å²) in [5.41, 5.74) is 5.68. The van der Waals surface area contributed by atoms with Crippen molar-refractivity contribution in [2.75, 3.05) is 32.1 Å². The van der Waals surface area contributed by atoms with Crippen LogP contribution in [0.15, 0.2) is 23.1 Å². The summed E-state index contributed by atoms with van der Waals surface area (Å²) in [6, 6.07) is 4.63. The van der Waals surface area contributed by atoms with Crippen LogP contribution in [0.3, 0.4) is 0 Å². The Balaban J connectivity index is 2.30. The molecule has 0 spiro atoms. The Morgan fingerprint density at radius 3 is 2.38 bits per heavy atom. The Morgan fingerprint density at radius 2 is 1.88 bits per heavy atom. The van der Waals surface area contributed by atoms with Gasteiger partial charge >= 0.3 is 0 Å². The van der Waals surface area contributed by atoms with Crippen molar-refractivity contribution in [3.63, 3.8) is 0 Å². The fourth-order valence-electron chi connectivity index (χ4n) is 3.24. The minimum atomic E-state index is -3.59. The molecule has 26 heavy (non-hydrogen) atoms. The zero-order valence-corrected chi connectivity index (χ0v) is 16.6. The van der Waals surface area contributed by atoms with Crippen molar-refractivity contribution in [1.29, 1.82) is 0 Å². The number of nitrogens with one attached hydrogen (secondary N) is 1. The van der Waals surface area contributed by atoms with Gasteiger partial charge in [0.2, 0.25) is 15.9 Å². The summed E-state index contributed by atoms with van der Waals surface area (Å²) in [7, 11) is -2.17. The first kappa shape index (κ1) is 20.7. The highest BCUT2D eigenvalue weighted by Gasteiger charge is 2.34. The first-order valence-electron chi connectivity index (χ1n) is 9.04. The summed E-state index contributed by atoms with van der Waals surface area (Å²) in [5.74, 6) is 0.0586. The van der Waals surface area contributed by atoms with Crippen LogP contribution in [0.2, 0.25) is 0 Å². The lowest BCUT2D eigenvalue weighted by Crippen LogP contribution is -2.41. The number of rotatable bonds is 8. The minimum absolute atomic E-state index is 0.121. The van der Waals surface area contributed by atoms with Crippen LogP contribution in [0.1, 0.15) is 39.5 Å². The molecule has 8 heteroatoms. The maximum Gasteiger partial charge on any atom is 0.246 e. The molecule has 1 amide bonds. The SMILES string of the molecule is CCC(CC)(CN)C(=O)Nc1ccc(S(=O)(=O)N2CCCC2)c(OC)c1. The Hall–Kier alpha value is -1.64. The fraction of sp³-hybridized carbons (Fsp3) is 0.611. The number of amides is 1. The van der Waals surface area contributed by atoms with Crippen LogP contribution >= 0.6 is 0 Å². The quantitative estimate of drug-likeness (QED) is 0.716. The summed E-state index contributed by atoms with van der Waals surface area (Å²) in [6.07, 6.45) is 2.99. The van der Waals surface area contributed by atoms with Crippen molar-refractivity contribution >= 4 is 21.6 Å². The number of benzene rings is 1. The van der Waals surface area contributed by atoms with Crippen molar-refractivity contribution < 1.29 is 17.9 Å². The molecule has 0 radical (unpaired) electrons. The molecule has 1 saturated heterocycles. The molecule has 1 aromatic rings. The third-order valence-electron chi connectivity index (χ3n) is 5.33. The van der Waals surface area contributed by atoms with Gasteiger partial charge in [-0.3, -0.25) is 4.79 Å². The van der Waals surface area contributed by atoms with E-state index in [0.29, 0.717) is 31.6 Å². The van der Waals surface area contributed by atoms with Gasteiger partial charge in [-0.25, -0.2) is 8.42 Å². The highest BCUT2D eigenvalue weighted by Crippen LogP contribution is 2.33. The summed E-state index contributed by atoms with van der Waals surface area (Å²) in [5, 5.41) is 2.85. The molecule has 0 unspecified atom stereocenters. The summed E-state index contributed by atoms with van der Waals surface area (Å²) in [6.45, 7) is 5.17. The van der Waals surface area contributed by atoms with Crippen LogP contribution in [0, 0.1) is 5.41 Å². The molecule has 0 aliphatic carbocycles. The number of anilines is 1. The lowest BCUT2D eigenvalue weighted by atomic mass is 9.81. The van der Waals surface area contributed by atoms with Crippen LogP contribution in [0.5, 0.6) is 5.75 Å². The molecule has 3 N–H and O–H groups in total. The van der Waals surface area contributed by atoms with Gasteiger partial charge in [0.05, 0.1) is 12.5 Å². The zero-order valence-electron chi connectivity index (χ0n) is 15.7.